The highest BCUT2D eigenvalue weighted by molar-refractivity contribution is 5.98. The Morgan fingerprint density at radius 3 is 2.44 bits per heavy atom. The van der Waals surface area contributed by atoms with Crippen LogP contribution in [0, 0.1) is 0 Å². The molecule has 0 bridgehead atoms. The Bertz CT molecular complexity index is 1220. The van der Waals surface area contributed by atoms with Crippen LogP contribution < -0.4 is 19.6 Å². The summed E-state index contributed by atoms with van der Waals surface area (Å²) in [6.07, 6.45) is 1.94. The molecule has 7 nitrogen and oxygen atoms in total. The number of ether oxygens (including phenoxy) is 4. The lowest BCUT2D eigenvalue weighted by Gasteiger charge is -2.13. The van der Waals surface area contributed by atoms with Gasteiger partial charge in [0.05, 0.1) is 31.8 Å². The van der Waals surface area contributed by atoms with Gasteiger partial charge in [-0.15, -0.1) is 0 Å². The molecule has 0 aliphatic carbocycles. The summed E-state index contributed by atoms with van der Waals surface area (Å²) in [5.41, 5.74) is 1.54. The van der Waals surface area contributed by atoms with Crippen LogP contribution in [-0.2, 0) is 4.74 Å². The first kappa shape index (κ1) is 22.9. The van der Waals surface area contributed by atoms with Gasteiger partial charge in [-0.2, -0.15) is 0 Å². The van der Waals surface area contributed by atoms with Crippen LogP contribution in [0.3, 0.4) is 0 Å². The Hall–Kier alpha value is -3.74. The highest BCUT2D eigenvalue weighted by Gasteiger charge is 2.24. The first-order chi connectivity index (χ1) is 15.4. The second kappa shape index (κ2) is 10.0. The first-order valence-corrected chi connectivity index (χ1v) is 10.2. The van der Waals surface area contributed by atoms with Crippen molar-refractivity contribution in [3.05, 3.63) is 64.0 Å². The van der Waals surface area contributed by atoms with Crippen LogP contribution in [-0.4, -0.2) is 33.4 Å². The number of hydrogen-bond acceptors (Lipinski definition) is 7. The molecule has 1 aromatic heterocycles. The number of rotatable bonds is 8. The van der Waals surface area contributed by atoms with E-state index in [0.717, 1.165) is 5.57 Å². The molecule has 0 N–H and O–H groups in total. The van der Waals surface area contributed by atoms with Crippen molar-refractivity contribution < 1.29 is 28.2 Å². The molecule has 0 saturated carbocycles. The van der Waals surface area contributed by atoms with Gasteiger partial charge in [0.1, 0.15) is 17.9 Å². The largest absolute Gasteiger partial charge is 0.493 e. The van der Waals surface area contributed by atoms with Crippen molar-refractivity contribution in [3.8, 4) is 28.4 Å². The molecule has 3 aromatic rings. The van der Waals surface area contributed by atoms with Gasteiger partial charge in [0.2, 0.25) is 11.2 Å². The number of allylic oxidation sites excluding steroid dienone is 1. The predicted octanol–water partition coefficient (Wildman–Crippen LogP) is 5.00. The van der Waals surface area contributed by atoms with Gasteiger partial charge in [0.25, 0.3) is 0 Å². The predicted molar refractivity (Wildman–Crippen MR) is 122 cm³/mol. The number of benzene rings is 2. The topological polar surface area (TPSA) is 84.2 Å². The van der Waals surface area contributed by atoms with Gasteiger partial charge >= 0.3 is 5.97 Å². The Morgan fingerprint density at radius 1 is 1.03 bits per heavy atom. The van der Waals surface area contributed by atoms with E-state index < -0.39 is 5.97 Å². The van der Waals surface area contributed by atoms with E-state index in [1.165, 1.54) is 14.2 Å². The van der Waals surface area contributed by atoms with Crippen LogP contribution in [0.5, 0.6) is 17.2 Å². The zero-order valence-corrected chi connectivity index (χ0v) is 18.8. The van der Waals surface area contributed by atoms with Crippen LogP contribution in [0.4, 0.5) is 0 Å². The van der Waals surface area contributed by atoms with Crippen molar-refractivity contribution in [2.75, 3.05) is 27.4 Å². The van der Waals surface area contributed by atoms with E-state index in [1.807, 2.05) is 19.9 Å². The summed E-state index contributed by atoms with van der Waals surface area (Å²) in [6, 6.07) is 9.86. The van der Waals surface area contributed by atoms with Crippen LogP contribution in [0.25, 0.3) is 22.1 Å². The Balaban J connectivity index is 2.20. The lowest BCUT2D eigenvalue weighted by molar-refractivity contribution is 0.0492. The number of esters is 1. The fraction of sp³-hybridized carbons (Fsp3) is 0.280. The number of fused-ring (bicyclic) bond motifs is 1. The zero-order valence-electron chi connectivity index (χ0n) is 18.8. The third kappa shape index (κ3) is 4.77. The molecular formula is C25H26O7. The Kier molecular flexibility index (Phi) is 7.20. The molecule has 0 aliphatic rings. The minimum absolute atomic E-state index is 0.0927. The molecule has 7 heteroatoms. The highest BCUT2D eigenvalue weighted by Crippen LogP contribution is 2.34. The van der Waals surface area contributed by atoms with Crippen LogP contribution in [0.1, 0.15) is 31.3 Å². The number of carbonyl (C=O) groups excluding carboxylic acids is 1. The van der Waals surface area contributed by atoms with E-state index in [-0.39, 0.29) is 28.9 Å². The molecule has 0 fully saturated rings. The molecule has 168 valence electrons. The first-order valence-electron chi connectivity index (χ1n) is 10.2. The number of methoxy groups -OCH3 is 2. The van der Waals surface area contributed by atoms with Crippen LogP contribution >= 0.6 is 0 Å². The van der Waals surface area contributed by atoms with Gasteiger partial charge in [-0.25, -0.2) is 4.79 Å². The van der Waals surface area contributed by atoms with Gasteiger partial charge in [-0.1, -0.05) is 11.6 Å². The summed E-state index contributed by atoms with van der Waals surface area (Å²) in [6.45, 7) is 6.15. The zero-order chi connectivity index (χ0) is 23.3. The highest BCUT2D eigenvalue weighted by atomic mass is 16.5. The molecule has 0 spiro atoms. The van der Waals surface area contributed by atoms with Gasteiger partial charge in [0.15, 0.2) is 11.5 Å². The van der Waals surface area contributed by atoms with Crippen LogP contribution in [0.2, 0.25) is 0 Å². The lowest BCUT2D eigenvalue weighted by Crippen LogP contribution is -2.15. The van der Waals surface area contributed by atoms with Gasteiger partial charge in [-0.3, -0.25) is 4.79 Å². The van der Waals surface area contributed by atoms with Gasteiger partial charge < -0.3 is 23.4 Å². The molecular weight excluding hydrogens is 412 g/mol. The third-order valence-electron chi connectivity index (χ3n) is 4.74. The average molecular weight is 438 g/mol. The van der Waals surface area contributed by atoms with Crippen molar-refractivity contribution in [2.24, 2.45) is 0 Å². The molecule has 3 rings (SSSR count). The van der Waals surface area contributed by atoms with E-state index >= 15 is 0 Å². The maximum absolute atomic E-state index is 13.4. The molecule has 0 unspecified atom stereocenters. The normalized spacial score (nSPS) is 10.5. The summed E-state index contributed by atoms with van der Waals surface area (Å²) in [7, 11) is 3.01. The average Bonchev–Trinajstić information content (AvgIpc) is 2.78. The second-order valence-electron chi connectivity index (χ2n) is 7.18. The smallest absolute Gasteiger partial charge is 0.375 e. The van der Waals surface area contributed by atoms with Crippen molar-refractivity contribution in [3.63, 3.8) is 0 Å². The summed E-state index contributed by atoms with van der Waals surface area (Å²) < 4.78 is 27.4. The minimum Gasteiger partial charge on any atom is -0.493 e. The maximum atomic E-state index is 13.4. The van der Waals surface area contributed by atoms with E-state index in [1.54, 1.807) is 43.3 Å². The SMILES string of the molecule is CCOC(=O)c1oc2cc(OCC=C(C)C)ccc2c(=O)c1-c1ccc(OC)c(OC)c1. The summed E-state index contributed by atoms with van der Waals surface area (Å²) in [4.78, 5) is 26.1. The van der Waals surface area contributed by atoms with Crippen molar-refractivity contribution >= 4 is 16.9 Å². The number of hydrogen-bond donors (Lipinski definition) is 0. The molecule has 1 heterocycles. The van der Waals surface area contributed by atoms with E-state index in [2.05, 4.69) is 0 Å². The second-order valence-corrected chi connectivity index (χ2v) is 7.18. The van der Waals surface area contributed by atoms with Gasteiger partial charge in [-0.05, 0) is 56.7 Å². The van der Waals surface area contributed by atoms with Crippen LogP contribution in [0.15, 0.2) is 57.3 Å². The molecule has 0 atom stereocenters. The molecule has 0 saturated heterocycles. The van der Waals surface area contributed by atoms with Crippen molar-refractivity contribution in [1.29, 1.82) is 0 Å². The Labute approximate surface area is 186 Å². The summed E-state index contributed by atoms with van der Waals surface area (Å²) in [5, 5.41) is 0.317. The van der Waals surface area contributed by atoms with Gasteiger partial charge in [0, 0.05) is 6.07 Å². The fourth-order valence-corrected chi connectivity index (χ4v) is 3.16. The summed E-state index contributed by atoms with van der Waals surface area (Å²) in [5.74, 6) is 0.525. The Morgan fingerprint density at radius 2 is 1.78 bits per heavy atom. The minimum atomic E-state index is -0.729. The molecule has 0 radical (unpaired) electrons. The standard InChI is InChI=1S/C25H26O7/c1-6-30-25(27)24-22(16-7-10-19(28-4)21(13-16)29-5)23(26)18-9-8-17(14-20(18)32-24)31-12-11-15(2)3/h7-11,13-14H,6,12H2,1-5H3. The molecule has 32 heavy (non-hydrogen) atoms. The summed E-state index contributed by atoms with van der Waals surface area (Å²) >= 11 is 0. The third-order valence-corrected chi connectivity index (χ3v) is 4.74. The monoisotopic (exact) mass is 438 g/mol. The van der Waals surface area contributed by atoms with Crippen molar-refractivity contribution in [1.82, 2.24) is 0 Å². The molecule has 0 amide bonds. The quantitative estimate of drug-likeness (QED) is 0.361. The number of carbonyl (C=O) groups is 1. The van der Waals surface area contributed by atoms with E-state index in [0.29, 0.717) is 34.8 Å². The lowest BCUT2D eigenvalue weighted by atomic mass is 10.0. The molecule has 0 aliphatic heterocycles. The van der Waals surface area contributed by atoms with E-state index in [9.17, 15) is 9.59 Å². The van der Waals surface area contributed by atoms with Crippen molar-refractivity contribution in [2.45, 2.75) is 20.8 Å². The molecule has 2 aromatic carbocycles. The fourth-order valence-electron chi connectivity index (χ4n) is 3.16. The van der Waals surface area contributed by atoms with E-state index in [4.69, 9.17) is 23.4 Å². The maximum Gasteiger partial charge on any atom is 0.375 e.